The number of nitrogens with two attached hydrogens (primary N) is 1. The number of benzene rings is 1. The molecule has 26 heavy (non-hydrogen) atoms. The van der Waals surface area contributed by atoms with Gasteiger partial charge in [0.2, 0.25) is 0 Å². The van der Waals surface area contributed by atoms with Crippen molar-refractivity contribution in [2.75, 3.05) is 6.54 Å². The number of guanidine groups is 1. The fourth-order valence-corrected chi connectivity index (χ4v) is 4.26. The van der Waals surface area contributed by atoms with Crippen molar-refractivity contribution in [1.82, 2.24) is 4.90 Å². The van der Waals surface area contributed by atoms with Gasteiger partial charge in [0.05, 0.1) is 0 Å². The second-order valence-corrected chi connectivity index (χ2v) is 7.24. The van der Waals surface area contributed by atoms with Crippen molar-refractivity contribution < 1.29 is 14.7 Å². The fourth-order valence-electron chi connectivity index (χ4n) is 4.26. The molecule has 0 aromatic heterocycles. The molecular formula is C20H27N3O3. The Labute approximate surface area is 154 Å². The Morgan fingerprint density at radius 3 is 2.54 bits per heavy atom. The average molecular weight is 357 g/mol. The van der Waals surface area contributed by atoms with Crippen molar-refractivity contribution in [3.05, 3.63) is 35.9 Å². The predicted molar refractivity (Wildman–Crippen MR) is 99.5 cm³/mol. The second kappa shape index (κ2) is 7.89. The summed E-state index contributed by atoms with van der Waals surface area (Å²) in [6, 6.07) is 9.76. The molecule has 1 unspecified atom stereocenters. The SMILES string of the molecule is NC1=NC(c2ccccc2)(C2CCCCC2)C(=O)N1CCCCC(=O)O. The first-order valence-electron chi connectivity index (χ1n) is 9.50. The lowest BCUT2D eigenvalue weighted by Crippen LogP contribution is -2.47. The lowest BCUT2D eigenvalue weighted by atomic mass is 9.71. The quantitative estimate of drug-likeness (QED) is 0.733. The number of carbonyl (C=O) groups excluding carboxylic acids is 1. The van der Waals surface area contributed by atoms with Crippen molar-refractivity contribution in [1.29, 1.82) is 0 Å². The van der Waals surface area contributed by atoms with E-state index in [1.165, 1.54) is 6.42 Å². The molecule has 1 atom stereocenters. The summed E-state index contributed by atoms with van der Waals surface area (Å²) in [4.78, 5) is 30.5. The topological polar surface area (TPSA) is 96.0 Å². The van der Waals surface area contributed by atoms with Crippen molar-refractivity contribution >= 4 is 17.8 Å². The molecule has 1 aliphatic heterocycles. The van der Waals surface area contributed by atoms with Crippen LogP contribution < -0.4 is 5.73 Å². The van der Waals surface area contributed by atoms with Gasteiger partial charge in [0, 0.05) is 13.0 Å². The zero-order chi connectivity index (χ0) is 18.6. The number of rotatable bonds is 7. The molecule has 2 aliphatic rings. The summed E-state index contributed by atoms with van der Waals surface area (Å²) in [5.74, 6) is -0.447. The van der Waals surface area contributed by atoms with Crippen LogP contribution in [0.25, 0.3) is 0 Å². The molecular weight excluding hydrogens is 330 g/mol. The number of hydrogen-bond acceptors (Lipinski definition) is 4. The molecule has 6 heteroatoms. The van der Waals surface area contributed by atoms with Gasteiger partial charge in [-0.05, 0) is 37.2 Å². The largest absolute Gasteiger partial charge is 0.481 e. The van der Waals surface area contributed by atoms with E-state index in [2.05, 4.69) is 0 Å². The smallest absolute Gasteiger partial charge is 0.303 e. The van der Waals surface area contributed by atoms with Crippen LogP contribution in [0.3, 0.4) is 0 Å². The first-order chi connectivity index (χ1) is 12.6. The molecule has 0 bridgehead atoms. The van der Waals surface area contributed by atoms with Gasteiger partial charge in [-0.15, -0.1) is 0 Å². The molecule has 1 fully saturated rings. The van der Waals surface area contributed by atoms with E-state index in [1.807, 2.05) is 30.3 Å². The Morgan fingerprint density at radius 1 is 1.19 bits per heavy atom. The van der Waals surface area contributed by atoms with Gasteiger partial charge >= 0.3 is 5.97 Å². The summed E-state index contributed by atoms with van der Waals surface area (Å²) >= 11 is 0. The second-order valence-electron chi connectivity index (χ2n) is 7.24. The summed E-state index contributed by atoms with van der Waals surface area (Å²) < 4.78 is 0. The van der Waals surface area contributed by atoms with Crippen LogP contribution in [0.15, 0.2) is 35.3 Å². The van der Waals surface area contributed by atoms with E-state index >= 15 is 0 Å². The molecule has 0 saturated heterocycles. The van der Waals surface area contributed by atoms with Gasteiger partial charge in [-0.3, -0.25) is 14.5 Å². The summed E-state index contributed by atoms with van der Waals surface area (Å²) in [5.41, 5.74) is 6.16. The number of hydrogen-bond donors (Lipinski definition) is 2. The first-order valence-corrected chi connectivity index (χ1v) is 9.50. The summed E-state index contributed by atoms with van der Waals surface area (Å²) in [6.07, 6.45) is 6.60. The predicted octanol–water partition coefficient (Wildman–Crippen LogP) is 2.87. The van der Waals surface area contributed by atoms with Gasteiger partial charge in [0.1, 0.15) is 0 Å². The number of carboxylic acid groups (broad SMARTS) is 1. The number of carboxylic acids is 1. The molecule has 1 aliphatic carbocycles. The highest BCUT2D eigenvalue weighted by atomic mass is 16.4. The molecule has 1 amide bonds. The minimum atomic E-state index is -0.918. The van der Waals surface area contributed by atoms with E-state index < -0.39 is 11.5 Å². The van der Waals surface area contributed by atoms with E-state index in [0.717, 1.165) is 31.2 Å². The fraction of sp³-hybridized carbons (Fsp3) is 0.550. The summed E-state index contributed by atoms with van der Waals surface area (Å²) in [6.45, 7) is 0.419. The molecule has 1 aromatic rings. The van der Waals surface area contributed by atoms with E-state index in [1.54, 1.807) is 4.90 Å². The first kappa shape index (κ1) is 18.4. The molecule has 140 valence electrons. The lowest BCUT2D eigenvalue weighted by Gasteiger charge is -2.36. The minimum absolute atomic E-state index is 0.0524. The van der Waals surface area contributed by atoms with Crippen LogP contribution >= 0.6 is 0 Å². The van der Waals surface area contributed by atoms with Gasteiger partial charge in [0.15, 0.2) is 11.5 Å². The molecule has 1 aromatic carbocycles. The van der Waals surface area contributed by atoms with Crippen molar-refractivity contribution in [3.63, 3.8) is 0 Å². The van der Waals surface area contributed by atoms with Gasteiger partial charge in [-0.2, -0.15) is 0 Å². The van der Waals surface area contributed by atoms with Crippen LogP contribution in [0.5, 0.6) is 0 Å². The normalized spacial score (nSPS) is 23.9. The zero-order valence-electron chi connectivity index (χ0n) is 15.1. The summed E-state index contributed by atoms with van der Waals surface area (Å²) in [7, 11) is 0. The van der Waals surface area contributed by atoms with Gasteiger partial charge < -0.3 is 10.8 Å². The number of aliphatic imine (C=N–C) groups is 1. The van der Waals surface area contributed by atoms with Gasteiger partial charge in [-0.1, -0.05) is 49.6 Å². The highest BCUT2D eigenvalue weighted by Gasteiger charge is 2.53. The number of amides is 1. The molecule has 3 N–H and O–H groups in total. The van der Waals surface area contributed by atoms with E-state index in [9.17, 15) is 9.59 Å². The Morgan fingerprint density at radius 2 is 1.88 bits per heavy atom. The number of aliphatic carboxylic acids is 1. The standard InChI is InChI=1S/C20H27N3O3/c21-19-22-20(15-9-3-1-4-10-15,16-11-5-2-6-12-16)18(26)23(19)14-8-7-13-17(24)25/h1,3-4,9-10,16H,2,5-8,11-14H2,(H2,21,22)(H,24,25). The lowest BCUT2D eigenvalue weighted by molar-refractivity contribution is -0.137. The number of carbonyl (C=O) groups is 2. The van der Waals surface area contributed by atoms with Crippen molar-refractivity contribution in [2.24, 2.45) is 16.6 Å². The third kappa shape index (κ3) is 3.45. The van der Waals surface area contributed by atoms with Crippen LogP contribution in [0.2, 0.25) is 0 Å². The molecule has 3 rings (SSSR count). The summed E-state index contributed by atoms with van der Waals surface area (Å²) in [5, 5.41) is 8.78. The maximum atomic E-state index is 13.5. The van der Waals surface area contributed by atoms with E-state index in [-0.39, 0.29) is 24.2 Å². The van der Waals surface area contributed by atoms with Crippen LogP contribution in [-0.4, -0.2) is 34.4 Å². The maximum Gasteiger partial charge on any atom is 0.303 e. The van der Waals surface area contributed by atoms with Crippen molar-refractivity contribution in [3.8, 4) is 0 Å². The number of unbranched alkanes of at least 4 members (excludes halogenated alkanes) is 1. The average Bonchev–Trinajstić information content (AvgIpc) is 2.91. The molecule has 6 nitrogen and oxygen atoms in total. The third-order valence-electron chi connectivity index (χ3n) is 5.57. The Hall–Kier alpha value is -2.37. The highest BCUT2D eigenvalue weighted by Crippen LogP contribution is 2.46. The van der Waals surface area contributed by atoms with Crippen LogP contribution in [-0.2, 0) is 15.1 Å². The monoisotopic (exact) mass is 357 g/mol. The van der Waals surface area contributed by atoms with Crippen LogP contribution in [0.4, 0.5) is 0 Å². The molecule has 0 spiro atoms. The van der Waals surface area contributed by atoms with Crippen molar-refractivity contribution in [2.45, 2.75) is 56.9 Å². The molecule has 1 heterocycles. The Bertz CT molecular complexity index is 683. The van der Waals surface area contributed by atoms with E-state index in [0.29, 0.717) is 19.4 Å². The van der Waals surface area contributed by atoms with Gasteiger partial charge in [-0.25, -0.2) is 4.99 Å². The minimum Gasteiger partial charge on any atom is -0.481 e. The molecule has 0 radical (unpaired) electrons. The third-order valence-corrected chi connectivity index (χ3v) is 5.57. The van der Waals surface area contributed by atoms with Crippen LogP contribution in [0.1, 0.15) is 56.9 Å². The zero-order valence-corrected chi connectivity index (χ0v) is 15.1. The van der Waals surface area contributed by atoms with Crippen LogP contribution in [0, 0.1) is 5.92 Å². The van der Waals surface area contributed by atoms with E-state index in [4.69, 9.17) is 15.8 Å². The molecule has 1 saturated carbocycles. The maximum absolute atomic E-state index is 13.5. The van der Waals surface area contributed by atoms with Gasteiger partial charge in [0.25, 0.3) is 5.91 Å². The Balaban J connectivity index is 1.85. The number of nitrogens with zero attached hydrogens (tertiary/aromatic N) is 2. The highest BCUT2D eigenvalue weighted by molar-refractivity contribution is 6.07. The Kier molecular flexibility index (Phi) is 5.59.